The van der Waals surface area contributed by atoms with Crippen LogP contribution in [0.3, 0.4) is 0 Å². The summed E-state index contributed by atoms with van der Waals surface area (Å²) in [5.41, 5.74) is 0.785. The number of likely N-dealkylation sites (tertiary alicyclic amines) is 1. The molecule has 1 aromatic heterocycles. The van der Waals surface area contributed by atoms with Gasteiger partial charge in [-0.25, -0.2) is 4.39 Å². The van der Waals surface area contributed by atoms with Crippen LogP contribution in [0.4, 0.5) is 4.39 Å². The molecule has 1 saturated heterocycles. The molecule has 4 rings (SSSR count). The minimum Gasteiger partial charge on any atom is -0.356 e. The van der Waals surface area contributed by atoms with E-state index in [4.69, 9.17) is 0 Å². The lowest BCUT2D eigenvalue weighted by Gasteiger charge is -2.32. The Balaban J connectivity index is 1.23. The van der Waals surface area contributed by atoms with E-state index in [0.717, 1.165) is 42.2 Å². The molecule has 2 aromatic rings. The van der Waals surface area contributed by atoms with E-state index in [1.54, 1.807) is 28.8 Å². The van der Waals surface area contributed by atoms with E-state index in [1.165, 1.54) is 37.8 Å². The predicted octanol–water partition coefficient (Wildman–Crippen LogP) is 3.78. The maximum Gasteiger partial charge on any atom is 0.227 e. The second kappa shape index (κ2) is 11.8. The first-order chi connectivity index (χ1) is 16.5. The summed E-state index contributed by atoms with van der Waals surface area (Å²) in [6, 6.07) is 6.51. The second-order valence-corrected chi connectivity index (χ2v) is 10.1. The third-order valence-electron chi connectivity index (χ3n) is 6.90. The fourth-order valence-corrected chi connectivity index (χ4v) is 5.63. The van der Waals surface area contributed by atoms with Crippen LogP contribution < -0.4 is 5.32 Å². The van der Waals surface area contributed by atoms with Crippen LogP contribution >= 0.6 is 11.8 Å². The molecule has 2 amide bonds. The SMILES string of the molecule is CSc1nnc(CCCNC(=O)C2CCCN(C(=O)Cc3ccc(F)cc3)C2)n1C1CCCC1. The summed E-state index contributed by atoms with van der Waals surface area (Å²) in [4.78, 5) is 27.2. The maximum atomic E-state index is 13.1. The second-order valence-electron chi connectivity index (χ2n) is 9.29. The third kappa shape index (κ3) is 6.17. The van der Waals surface area contributed by atoms with Crippen molar-refractivity contribution in [2.75, 3.05) is 25.9 Å². The quantitative estimate of drug-likeness (QED) is 0.430. The Labute approximate surface area is 204 Å². The molecule has 0 spiro atoms. The van der Waals surface area contributed by atoms with E-state index in [2.05, 4.69) is 20.1 Å². The van der Waals surface area contributed by atoms with E-state index in [1.807, 2.05) is 6.26 Å². The Kier molecular flexibility index (Phi) is 8.59. The Morgan fingerprint density at radius 1 is 1.12 bits per heavy atom. The average molecular weight is 488 g/mol. The molecular weight excluding hydrogens is 453 g/mol. The zero-order valence-electron chi connectivity index (χ0n) is 19.8. The molecule has 9 heteroatoms. The molecule has 2 fully saturated rings. The highest BCUT2D eigenvalue weighted by atomic mass is 32.2. The number of amides is 2. The van der Waals surface area contributed by atoms with Crippen LogP contribution in [0.2, 0.25) is 0 Å². The van der Waals surface area contributed by atoms with Crippen molar-refractivity contribution in [3.63, 3.8) is 0 Å². The van der Waals surface area contributed by atoms with Crippen molar-refractivity contribution in [3.8, 4) is 0 Å². The molecule has 34 heavy (non-hydrogen) atoms. The van der Waals surface area contributed by atoms with Gasteiger partial charge in [0.1, 0.15) is 11.6 Å². The van der Waals surface area contributed by atoms with Crippen LogP contribution in [0.15, 0.2) is 29.4 Å². The van der Waals surface area contributed by atoms with Crippen molar-refractivity contribution in [3.05, 3.63) is 41.5 Å². The molecule has 1 atom stereocenters. The van der Waals surface area contributed by atoms with E-state index < -0.39 is 0 Å². The number of thioether (sulfide) groups is 1. The summed E-state index contributed by atoms with van der Waals surface area (Å²) >= 11 is 1.64. The van der Waals surface area contributed by atoms with Crippen molar-refractivity contribution in [2.24, 2.45) is 5.92 Å². The van der Waals surface area contributed by atoms with Crippen LogP contribution in [0, 0.1) is 11.7 Å². The number of rotatable bonds is 9. The molecule has 1 aliphatic carbocycles. The van der Waals surface area contributed by atoms with Gasteiger partial charge in [0.05, 0.1) is 12.3 Å². The number of carbonyl (C=O) groups excluding carboxylic acids is 2. The monoisotopic (exact) mass is 487 g/mol. The Morgan fingerprint density at radius 3 is 2.62 bits per heavy atom. The summed E-state index contributed by atoms with van der Waals surface area (Å²) in [7, 11) is 0. The van der Waals surface area contributed by atoms with E-state index in [9.17, 15) is 14.0 Å². The first-order valence-corrected chi connectivity index (χ1v) is 13.6. The number of aromatic nitrogens is 3. The molecule has 7 nitrogen and oxygen atoms in total. The van der Waals surface area contributed by atoms with Gasteiger partial charge in [-0.3, -0.25) is 9.59 Å². The van der Waals surface area contributed by atoms with Crippen molar-refractivity contribution in [2.45, 2.75) is 69.0 Å². The van der Waals surface area contributed by atoms with Gasteiger partial charge in [0.2, 0.25) is 11.8 Å². The topological polar surface area (TPSA) is 80.1 Å². The number of carbonyl (C=O) groups is 2. The number of aryl methyl sites for hydroxylation is 1. The van der Waals surface area contributed by atoms with Gasteiger partial charge in [-0.1, -0.05) is 36.7 Å². The Hall–Kier alpha value is -2.42. The lowest BCUT2D eigenvalue weighted by Crippen LogP contribution is -2.46. The highest BCUT2D eigenvalue weighted by Crippen LogP contribution is 2.33. The zero-order valence-corrected chi connectivity index (χ0v) is 20.7. The molecule has 0 bridgehead atoms. The number of hydrogen-bond acceptors (Lipinski definition) is 5. The zero-order chi connectivity index (χ0) is 23.9. The summed E-state index contributed by atoms with van der Waals surface area (Å²) < 4.78 is 15.4. The normalized spacial score (nSPS) is 18.9. The van der Waals surface area contributed by atoms with Crippen molar-refractivity contribution in [1.29, 1.82) is 0 Å². The van der Waals surface area contributed by atoms with E-state index in [0.29, 0.717) is 25.7 Å². The molecule has 0 radical (unpaired) electrons. The van der Waals surface area contributed by atoms with Gasteiger partial charge in [-0.15, -0.1) is 10.2 Å². The smallest absolute Gasteiger partial charge is 0.227 e. The molecule has 1 N–H and O–H groups in total. The van der Waals surface area contributed by atoms with Gasteiger partial charge in [0.15, 0.2) is 5.16 Å². The van der Waals surface area contributed by atoms with E-state index in [-0.39, 0.29) is 30.0 Å². The van der Waals surface area contributed by atoms with Gasteiger partial charge in [0.25, 0.3) is 0 Å². The van der Waals surface area contributed by atoms with E-state index >= 15 is 0 Å². The summed E-state index contributed by atoms with van der Waals surface area (Å²) in [5.74, 6) is 0.521. The largest absolute Gasteiger partial charge is 0.356 e. The summed E-state index contributed by atoms with van der Waals surface area (Å²) in [6.45, 7) is 1.70. The number of nitrogens with zero attached hydrogens (tertiary/aromatic N) is 4. The van der Waals surface area contributed by atoms with Gasteiger partial charge in [-0.2, -0.15) is 0 Å². The fourth-order valence-electron chi connectivity index (χ4n) is 5.06. The number of halogens is 1. The third-order valence-corrected chi connectivity index (χ3v) is 7.54. The maximum absolute atomic E-state index is 13.1. The van der Waals surface area contributed by atoms with Gasteiger partial charge in [0, 0.05) is 32.1 Å². The standard InChI is InChI=1S/C25H34FN5O2S/c1-34-25-29-28-22(31(25)21-7-2-3-8-21)9-4-14-27-24(33)19-6-5-15-30(17-19)23(32)16-18-10-12-20(26)13-11-18/h10-13,19,21H,2-9,14-17H2,1H3,(H,27,33). The highest BCUT2D eigenvalue weighted by molar-refractivity contribution is 7.98. The number of piperidine rings is 1. The van der Waals surface area contributed by atoms with Crippen molar-refractivity contribution < 1.29 is 14.0 Å². The highest BCUT2D eigenvalue weighted by Gasteiger charge is 2.28. The first-order valence-electron chi connectivity index (χ1n) is 12.3. The molecule has 1 saturated carbocycles. The summed E-state index contributed by atoms with van der Waals surface area (Å²) in [5, 5.41) is 12.8. The Bertz CT molecular complexity index is 974. The minimum atomic E-state index is -0.311. The minimum absolute atomic E-state index is 0.0139. The van der Waals surface area contributed by atoms with Gasteiger partial charge >= 0.3 is 0 Å². The Morgan fingerprint density at radius 2 is 1.88 bits per heavy atom. The molecule has 2 heterocycles. The number of hydrogen-bond donors (Lipinski definition) is 1. The molecule has 1 unspecified atom stereocenters. The fraction of sp³-hybridized carbons (Fsp3) is 0.600. The van der Waals surface area contributed by atoms with Crippen LogP contribution in [0.1, 0.15) is 62.4 Å². The lowest BCUT2D eigenvalue weighted by atomic mass is 9.96. The molecule has 1 aliphatic heterocycles. The number of benzene rings is 1. The predicted molar refractivity (Wildman–Crippen MR) is 130 cm³/mol. The van der Waals surface area contributed by atoms with Crippen LogP contribution in [-0.4, -0.2) is 57.4 Å². The molecule has 1 aromatic carbocycles. The lowest BCUT2D eigenvalue weighted by molar-refractivity contribution is -0.135. The summed E-state index contributed by atoms with van der Waals surface area (Å²) in [6.07, 6.45) is 10.4. The van der Waals surface area contributed by atoms with Crippen molar-refractivity contribution in [1.82, 2.24) is 25.0 Å². The first kappa shape index (κ1) is 24.7. The van der Waals surface area contributed by atoms with Crippen LogP contribution in [-0.2, 0) is 22.4 Å². The molecule has 184 valence electrons. The molecule has 2 aliphatic rings. The average Bonchev–Trinajstić information content (AvgIpc) is 3.52. The molecular formula is C25H34FN5O2S. The number of nitrogens with one attached hydrogen (secondary N) is 1. The van der Waals surface area contributed by atoms with Crippen LogP contribution in [0.25, 0.3) is 0 Å². The van der Waals surface area contributed by atoms with Gasteiger partial charge < -0.3 is 14.8 Å². The van der Waals surface area contributed by atoms with Gasteiger partial charge in [-0.05, 0) is 56.1 Å². The van der Waals surface area contributed by atoms with Crippen molar-refractivity contribution >= 4 is 23.6 Å². The van der Waals surface area contributed by atoms with Crippen LogP contribution in [0.5, 0.6) is 0 Å².